The SMILES string of the molecule is Cc1cn2c(n1)C(F)(F)CC2. The molecule has 0 saturated heterocycles. The molecular weight excluding hydrogens is 150 g/mol. The minimum atomic E-state index is -2.70. The number of aromatic nitrogens is 2. The van der Waals surface area contributed by atoms with Crippen LogP contribution in [0, 0.1) is 6.92 Å². The lowest BCUT2D eigenvalue weighted by molar-refractivity contribution is -0.00633. The minimum absolute atomic E-state index is 0.0741. The molecule has 0 fully saturated rings. The molecule has 0 N–H and O–H groups in total. The van der Waals surface area contributed by atoms with E-state index in [1.54, 1.807) is 13.1 Å². The zero-order chi connectivity index (χ0) is 8.06. The van der Waals surface area contributed by atoms with Gasteiger partial charge in [0.05, 0.1) is 5.69 Å². The van der Waals surface area contributed by atoms with Crippen molar-refractivity contribution >= 4 is 0 Å². The molecule has 0 aromatic carbocycles. The highest BCUT2D eigenvalue weighted by Crippen LogP contribution is 2.36. The van der Waals surface area contributed by atoms with Gasteiger partial charge in [-0.15, -0.1) is 0 Å². The molecule has 0 radical (unpaired) electrons. The summed E-state index contributed by atoms with van der Waals surface area (Å²) in [6.45, 7) is 2.12. The Balaban J connectivity index is 2.54. The van der Waals surface area contributed by atoms with Crippen LogP contribution in [0.5, 0.6) is 0 Å². The van der Waals surface area contributed by atoms with Crippen molar-refractivity contribution in [1.29, 1.82) is 0 Å². The standard InChI is InChI=1S/C7H8F2N2/c1-5-4-11-3-2-7(8,9)6(11)10-5/h4H,2-3H2,1H3. The first-order chi connectivity index (χ1) is 5.09. The average Bonchev–Trinajstić information content (AvgIpc) is 2.35. The number of aryl methyl sites for hydroxylation is 2. The van der Waals surface area contributed by atoms with Crippen LogP contribution in [0.3, 0.4) is 0 Å². The van der Waals surface area contributed by atoms with E-state index in [9.17, 15) is 8.78 Å². The summed E-state index contributed by atoms with van der Waals surface area (Å²) in [6.07, 6.45) is 1.56. The summed E-state index contributed by atoms with van der Waals surface area (Å²) in [6, 6.07) is 0. The number of hydrogen-bond donors (Lipinski definition) is 0. The van der Waals surface area contributed by atoms with Crippen LogP contribution >= 0.6 is 0 Å². The van der Waals surface area contributed by atoms with Crippen LogP contribution in [-0.2, 0) is 12.5 Å². The molecule has 1 aliphatic rings. The Kier molecular flexibility index (Phi) is 1.11. The van der Waals surface area contributed by atoms with E-state index in [1.165, 1.54) is 4.57 Å². The molecule has 0 aliphatic carbocycles. The molecule has 0 atom stereocenters. The van der Waals surface area contributed by atoms with Gasteiger partial charge in [-0.1, -0.05) is 0 Å². The van der Waals surface area contributed by atoms with Crippen molar-refractivity contribution in [1.82, 2.24) is 9.55 Å². The van der Waals surface area contributed by atoms with Crippen molar-refractivity contribution in [2.45, 2.75) is 25.8 Å². The average molecular weight is 158 g/mol. The first kappa shape index (κ1) is 6.76. The molecule has 0 bridgehead atoms. The molecule has 11 heavy (non-hydrogen) atoms. The van der Waals surface area contributed by atoms with Gasteiger partial charge in [-0.3, -0.25) is 0 Å². The van der Waals surface area contributed by atoms with Gasteiger partial charge in [-0.2, -0.15) is 8.78 Å². The van der Waals surface area contributed by atoms with Gasteiger partial charge in [0, 0.05) is 19.2 Å². The lowest BCUT2D eigenvalue weighted by Crippen LogP contribution is -2.09. The first-order valence-corrected chi connectivity index (χ1v) is 3.52. The molecule has 1 aliphatic heterocycles. The van der Waals surface area contributed by atoms with Crippen LogP contribution in [-0.4, -0.2) is 9.55 Å². The number of hydrogen-bond acceptors (Lipinski definition) is 1. The Morgan fingerprint density at radius 3 is 3.00 bits per heavy atom. The van der Waals surface area contributed by atoms with Gasteiger partial charge in [-0.25, -0.2) is 4.98 Å². The molecule has 2 heterocycles. The molecule has 0 amide bonds. The molecule has 1 aromatic heterocycles. The van der Waals surface area contributed by atoms with Crippen molar-refractivity contribution < 1.29 is 8.78 Å². The third kappa shape index (κ3) is 0.852. The molecule has 0 spiro atoms. The Labute approximate surface area is 62.9 Å². The number of alkyl halides is 2. The number of imidazole rings is 1. The maximum atomic E-state index is 12.9. The molecule has 2 nitrogen and oxygen atoms in total. The second kappa shape index (κ2) is 1.81. The number of halogens is 2. The summed E-state index contributed by atoms with van der Waals surface area (Å²) in [5.74, 6) is -2.77. The van der Waals surface area contributed by atoms with Crippen LogP contribution < -0.4 is 0 Å². The molecule has 60 valence electrons. The predicted octanol–water partition coefficient (Wildman–Crippen LogP) is 1.69. The summed E-state index contributed by atoms with van der Waals surface area (Å²) >= 11 is 0. The number of fused-ring (bicyclic) bond motifs is 1. The van der Waals surface area contributed by atoms with E-state index in [2.05, 4.69) is 4.98 Å². The van der Waals surface area contributed by atoms with E-state index in [-0.39, 0.29) is 12.2 Å². The lowest BCUT2D eigenvalue weighted by Gasteiger charge is -2.03. The van der Waals surface area contributed by atoms with E-state index in [4.69, 9.17) is 0 Å². The molecular formula is C7H8F2N2. The molecule has 0 saturated carbocycles. The van der Waals surface area contributed by atoms with Gasteiger partial charge in [0.1, 0.15) is 0 Å². The van der Waals surface area contributed by atoms with Gasteiger partial charge in [-0.05, 0) is 6.92 Å². The van der Waals surface area contributed by atoms with E-state index < -0.39 is 5.92 Å². The maximum Gasteiger partial charge on any atom is 0.306 e. The lowest BCUT2D eigenvalue weighted by atomic mass is 10.3. The second-order valence-corrected chi connectivity index (χ2v) is 2.85. The minimum Gasteiger partial charge on any atom is -0.329 e. The maximum absolute atomic E-state index is 12.9. The van der Waals surface area contributed by atoms with Crippen molar-refractivity contribution in [3.8, 4) is 0 Å². The second-order valence-electron chi connectivity index (χ2n) is 2.85. The highest BCUT2D eigenvalue weighted by Gasteiger charge is 2.41. The highest BCUT2D eigenvalue weighted by atomic mass is 19.3. The summed E-state index contributed by atoms with van der Waals surface area (Å²) < 4.78 is 27.3. The summed E-state index contributed by atoms with van der Waals surface area (Å²) in [7, 11) is 0. The van der Waals surface area contributed by atoms with E-state index >= 15 is 0 Å². The van der Waals surface area contributed by atoms with Crippen molar-refractivity contribution in [3.05, 3.63) is 17.7 Å². The van der Waals surface area contributed by atoms with E-state index in [0.717, 1.165) is 0 Å². The van der Waals surface area contributed by atoms with Gasteiger partial charge < -0.3 is 4.57 Å². The summed E-state index contributed by atoms with van der Waals surface area (Å²) in [5, 5.41) is 0. The van der Waals surface area contributed by atoms with Gasteiger partial charge in [0.25, 0.3) is 0 Å². The molecule has 2 rings (SSSR count). The highest BCUT2D eigenvalue weighted by molar-refractivity contribution is 5.11. The third-order valence-electron chi connectivity index (χ3n) is 1.89. The molecule has 0 unspecified atom stereocenters. The van der Waals surface area contributed by atoms with Crippen LogP contribution in [0.15, 0.2) is 6.20 Å². The zero-order valence-corrected chi connectivity index (χ0v) is 6.14. The third-order valence-corrected chi connectivity index (χ3v) is 1.89. The zero-order valence-electron chi connectivity index (χ0n) is 6.14. The topological polar surface area (TPSA) is 17.8 Å². The van der Waals surface area contributed by atoms with Gasteiger partial charge >= 0.3 is 5.92 Å². The van der Waals surface area contributed by atoms with E-state index in [1.807, 2.05) is 0 Å². The van der Waals surface area contributed by atoms with Gasteiger partial charge in [0.15, 0.2) is 5.82 Å². The fraction of sp³-hybridized carbons (Fsp3) is 0.571. The fourth-order valence-electron chi connectivity index (χ4n) is 1.38. The Morgan fingerprint density at radius 2 is 2.36 bits per heavy atom. The Bertz CT molecular complexity index is 291. The number of nitrogens with zero attached hydrogens (tertiary/aromatic N) is 2. The summed E-state index contributed by atoms with van der Waals surface area (Å²) in [4.78, 5) is 3.76. The van der Waals surface area contributed by atoms with Crippen LogP contribution in [0.1, 0.15) is 17.9 Å². The number of rotatable bonds is 0. The van der Waals surface area contributed by atoms with Gasteiger partial charge in [0.2, 0.25) is 0 Å². The van der Waals surface area contributed by atoms with Crippen LogP contribution in [0.4, 0.5) is 8.78 Å². The Hall–Kier alpha value is -0.930. The van der Waals surface area contributed by atoms with Crippen molar-refractivity contribution in [2.75, 3.05) is 0 Å². The van der Waals surface area contributed by atoms with Crippen LogP contribution in [0.2, 0.25) is 0 Å². The van der Waals surface area contributed by atoms with Crippen molar-refractivity contribution in [2.24, 2.45) is 0 Å². The molecule has 4 heteroatoms. The van der Waals surface area contributed by atoms with Crippen molar-refractivity contribution in [3.63, 3.8) is 0 Å². The predicted molar refractivity (Wildman–Crippen MR) is 35.5 cm³/mol. The monoisotopic (exact) mass is 158 g/mol. The quantitative estimate of drug-likeness (QED) is 0.561. The van der Waals surface area contributed by atoms with E-state index in [0.29, 0.717) is 12.2 Å². The van der Waals surface area contributed by atoms with Crippen LogP contribution in [0.25, 0.3) is 0 Å². The Morgan fingerprint density at radius 1 is 1.64 bits per heavy atom. The molecule has 1 aromatic rings. The largest absolute Gasteiger partial charge is 0.329 e. The normalized spacial score (nSPS) is 20.3. The first-order valence-electron chi connectivity index (χ1n) is 3.52. The summed E-state index contributed by atoms with van der Waals surface area (Å²) in [5.41, 5.74) is 0.666. The fourth-order valence-corrected chi connectivity index (χ4v) is 1.38. The smallest absolute Gasteiger partial charge is 0.306 e.